The van der Waals surface area contributed by atoms with Gasteiger partial charge >= 0.3 is 0 Å². The molecule has 0 saturated heterocycles. The van der Waals surface area contributed by atoms with E-state index in [1.54, 1.807) is 22.9 Å². The van der Waals surface area contributed by atoms with Crippen molar-refractivity contribution < 1.29 is 13.5 Å². The van der Waals surface area contributed by atoms with Crippen LogP contribution in [0.25, 0.3) is 0 Å². The van der Waals surface area contributed by atoms with Crippen molar-refractivity contribution in [2.75, 3.05) is 13.1 Å². The highest BCUT2D eigenvalue weighted by Crippen LogP contribution is 2.22. The van der Waals surface area contributed by atoms with E-state index in [1.807, 2.05) is 20.8 Å². The van der Waals surface area contributed by atoms with Gasteiger partial charge in [-0.25, -0.2) is 8.42 Å². The quantitative estimate of drug-likeness (QED) is 0.748. The molecular weight excluding hydrogens is 276 g/mol. The Labute approximate surface area is 121 Å². The number of aliphatic hydroxyl groups is 1. The zero-order valence-electron chi connectivity index (χ0n) is 12.4. The van der Waals surface area contributed by atoms with E-state index in [2.05, 4.69) is 6.58 Å². The molecule has 0 atom stereocenters. The predicted molar refractivity (Wildman–Crippen MR) is 80.0 cm³/mol. The Bertz CT molecular complexity index is 547. The van der Waals surface area contributed by atoms with Gasteiger partial charge in [0.2, 0.25) is 10.0 Å². The zero-order chi connectivity index (χ0) is 15.3. The van der Waals surface area contributed by atoms with Crippen molar-refractivity contribution in [2.45, 2.75) is 44.7 Å². The minimum absolute atomic E-state index is 0.0973. The Morgan fingerprint density at radius 1 is 1.50 bits per heavy atom. The van der Waals surface area contributed by atoms with Crippen molar-refractivity contribution in [1.29, 1.82) is 0 Å². The summed E-state index contributed by atoms with van der Waals surface area (Å²) in [6.07, 6.45) is 3.92. The summed E-state index contributed by atoms with van der Waals surface area (Å²) in [5.74, 6) is 0. The first kappa shape index (κ1) is 16.9. The molecule has 6 heteroatoms. The first-order valence-corrected chi connectivity index (χ1v) is 8.25. The number of sulfonamides is 1. The van der Waals surface area contributed by atoms with Crippen LogP contribution in [0.15, 0.2) is 29.8 Å². The van der Waals surface area contributed by atoms with Crippen LogP contribution in [0, 0.1) is 0 Å². The van der Waals surface area contributed by atoms with Gasteiger partial charge in [0.1, 0.15) is 4.90 Å². The normalized spacial score (nSPS) is 12.3. The first-order valence-electron chi connectivity index (χ1n) is 6.81. The fourth-order valence-electron chi connectivity index (χ4n) is 2.10. The summed E-state index contributed by atoms with van der Waals surface area (Å²) in [6, 6.07) is 1.64. The largest absolute Gasteiger partial charge is 0.390 e. The summed E-state index contributed by atoms with van der Waals surface area (Å²) in [7, 11) is -3.54. The van der Waals surface area contributed by atoms with Crippen molar-refractivity contribution >= 4 is 10.0 Å². The molecule has 114 valence electrons. The number of hydrogen-bond donors (Lipinski definition) is 1. The molecule has 0 aliphatic carbocycles. The molecule has 1 rings (SSSR count). The average Bonchev–Trinajstić information content (AvgIpc) is 2.83. The fraction of sp³-hybridized carbons (Fsp3) is 0.571. The van der Waals surface area contributed by atoms with E-state index < -0.39 is 10.0 Å². The second-order valence-electron chi connectivity index (χ2n) is 4.98. The summed E-state index contributed by atoms with van der Waals surface area (Å²) in [5, 5.41) is 9.35. The van der Waals surface area contributed by atoms with Gasteiger partial charge in [-0.2, -0.15) is 4.31 Å². The third-order valence-corrected chi connectivity index (χ3v) is 4.90. The highest BCUT2D eigenvalue weighted by atomic mass is 32.2. The highest BCUT2D eigenvalue weighted by molar-refractivity contribution is 7.89. The van der Waals surface area contributed by atoms with Gasteiger partial charge in [0.15, 0.2) is 0 Å². The van der Waals surface area contributed by atoms with Gasteiger partial charge in [0, 0.05) is 31.0 Å². The molecule has 0 saturated carbocycles. The number of nitrogens with zero attached hydrogens (tertiary/aromatic N) is 2. The summed E-state index contributed by atoms with van der Waals surface area (Å²) in [4.78, 5) is 0.227. The average molecular weight is 300 g/mol. The number of aliphatic hydroxyl groups excluding tert-OH is 1. The number of rotatable bonds is 8. The molecule has 0 aromatic carbocycles. The van der Waals surface area contributed by atoms with Crippen LogP contribution in [0.1, 0.15) is 38.9 Å². The van der Waals surface area contributed by atoms with Crippen molar-refractivity contribution in [3.05, 3.63) is 30.6 Å². The van der Waals surface area contributed by atoms with Crippen LogP contribution in [-0.4, -0.2) is 35.5 Å². The van der Waals surface area contributed by atoms with Gasteiger partial charge in [0.05, 0.1) is 6.61 Å². The van der Waals surface area contributed by atoms with Gasteiger partial charge in [-0.15, -0.1) is 6.58 Å². The minimum Gasteiger partial charge on any atom is -0.390 e. The van der Waals surface area contributed by atoms with Crippen LogP contribution < -0.4 is 0 Å². The Morgan fingerprint density at radius 3 is 2.55 bits per heavy atom. The highest BCUT2D eigenvalue weighted by Gasteiger charge is 2.25. The van der Waals surface area contributed by atoms with Crippen LogP contribution >= 0.6 is 0 Å². The molecule has 1 aromatic rings. The molecule has 0 fully saturated rings. The van der Waals surface area contributed by atoms with Gasteiger partial charge in [-0.1, -0.05) is 13.0 Å². The lowest BCUT2D eigenvalue weighted by molar-refractivity contribution is 0.268. The van der Waals surface area contributed by atoms with E-state index in [-0.39, 0.29) is 24.1 Å². The monoisotopic (exact) mass is 300 g/mol. The Morgan fingerprint density at radius 2 is 2.15 bits per heavy atom. The maximum absolute atomic E-state index is 12.6. The first-order chi connectivity index (χ1) is 9.38. The fourth-order valence-corrected chi connectivity index (χ4v) is 3.65. The number of aromatic nitrogens is 1. The van der Waals surface area contributed by atoms with Crippen molar-refractivity contribution in [3.63, 3.8) is 0 Å². The molecule has 0 radical (unpaired) electrons. The van der Waals surface area contributed by atoms with E-state index in [0.29, 0.717) is 12.2 Å². The summed E-state index contributed by atoms with van der Waals surface area (Å²) >= 11 is 0. The molecule has 0 aliphatic rings. The van der Waals surface area contributed by atoms with E-state index in [0.717, 1.165) is 6.42 Å². The third-order valence-electron chi connectivity index (χ3n) is 3.07. The maximum Gasteiger partial charge on any atom is 0.244 e. The summed E-state index contributed by atoms with van der Waals surface area (Å²) in [5.41, 5.74) is 0.605. The van der Waals surface area contributed by atoms with Gasteiger partial charge in [-0.3, -0.25) is 0 Å². The zero-order valence-corrected chi connectivity index (χ0v) is 13.2. The standard InChI is InChI=1S/C14H24N2O3S/c1-5-7-15(8-6-2)20(18,19)14-9-13(11-17)16(10-14)12(3)4/h5,9-10,12,17H,1,6-8,11H2,2-4H3. The molecule has 1 heterocycles. The molecule has 5 nitrogen and oxygen atoms in total. The number of hydrogen-bond acceptors (Lipinski definition) is 3. The molecule has 0 unspecified atom stereocenters. The molecule has 0 bridgehead atoms. The van der Waals surface area contributed by atoms with Crippen LogP contribution in [0.4, 0.5) is 0 Å². The van der Waals surface area contributed by atoms with E-state index in [1.165, 1.54) is 4.31 Å². The summed E-state index contributed by atoms with van der Waals surface area (Å²) < 4.78 is 28.4. The molecule has 0 aliphatic heterocycles. The van der Waals surface area contributed by atoms with Gasteiger partial charge in [-0.05, 0) is 26.3 Å². The predicted octanol–water partition coefficient (Wildman–Crippen LogP) is 2.15. The third kappa shape index (κ3) is 3.50. The van der Waals surface area contributed by atoms with Crippen LogP contribution in [0.2, 0.25) is 0 Å². The Hall–Kier alpha value is -1.11. The van der Waals surface area contributed by atoms with Crippen molar-refractivity contribution in [1.82, 2.24) is 8.87 Å². The minimum atomic E-state index is -3.54. The second-order valence-corrected chi connectivity index (χ2v) is 6.92. The van der Waals surface area contributed by atoms with Gasteiger partial charge in [0.25, 0.3) is 0 Å². The molecule has 0 spiro atoms. The van der Waals surface area contributed by atoms with E-state index >= 15 is 0 Å². The Balaban J connectivity index is 3.23. The molecule has 1 aromatic heterocycles. The van der Waals surface area contributed by atoms with Gasteiger partial charge < -0.3 is 9.67 Å². The lowest BCUT2D eigenvalue weighted by Crippen LogP contribution is -2.31. The molecule has 20 heavy (non-hydrogen) atoms. The lowest BCUT2D eigenvalue weighted by atomic mass is 10.3. The maximum atomic E-state index is 12.6. The van der Waals surface area contributed by atoms with Crippen molar-refractivity contribution in [2.24, 2.45) is 0 Å². The van der Waals surface area contributed by atoms with Crippen LogP contribution in [0.3, 0.4) is 0 Å². The molecule has 0 amide bonds. The Kier molecular flexibility index (Phi) is 5.98. The van der Waals surface area contributed by atoms with Crippen LogP contribution in [-0.2, 0) is 16.6 Å². The molecule has 1 N–H and O–H groups in total. The smallest absolute Gasteiger partial charge is 0.244 e. The van der Waals surface area contributed by atoms with E-state index in [9.17, 15) is 13.5 Å². The molecular formula is C14H24N2O3S. The summed E-state index contributed by atoms with van der Waals surface area (Å²) in [6.45, 7) is 10.0. The SMILES string of the molecule is C=CCN(CCC)S(=O)(=O)c1cc(CO)n(C(C)C)c1. The van der Waals surface area contributed by atoms with E-state index in [4.69, 9.17) is 0 Å². The second kappa shape index (κ2) is 7.06. The van der Waals surface area contributed by atoms with Crippen molar-refractivity contribution in [3.8, 4) is 0 Å². The lowest BCUT2D eigenvalue weighted by Gasteiger charge is -2.19. The topological polar surface area (TPSA) is 62.5 Å². The van der Waals surface area contributed by atoms with Crippen LogP contribution in [0.5, 0.6) is 0 Å².